The standard InChI is InChI=1S/C48H58FN9O8/c1-7-54(8-2)18-21-57(46(63)43-29(5)39(52-30(43)6)25-36-35-23-32(49)11-14-38(35)53-45(36)62)48(65)66-22-15-42(61)56-19-16-55(17-20-56)27-31-9-12-33(13-10-31)58(47(51)64)44(50)37-24-34(28(3)4)40(59)26-41(37)60/h9-14,23-26,28,50,52,59-60H,7-8,15-22,27H2,1-6H3,(H2,51,64)(H,53,62)/b36-25-,50-44?. The van der Waals surface area contributed by atoms with Crippen LogP contribution in [0.3, 0.4) is 0 Å². The monoisotopic (exact) mass is 907 g/mol. The Morgan fingerprint density at radius 1 is 0.955 bits per heavy atom. The van der Waals surface area contributed by atoms with Gasteiger partial charge < -0.3 is 40.8 Å². The molecule has 0 saturated carbocycles. The third kappa shape index (κ3) is 10.7. The summed E-state index contributed by atoms with van der Waals surface area (Å²) < 4.78 is 19.7. The third-order valence-corrected chi connectivity index (χ3v) is 12.1. The van der Waals surface area contributed by atoms with Crippen molar-refractivity contribution in [1.29, 1.82) is 5.41 Å². The lowest BCUT2D eigenvalue weighted by molar-refractivity contribution is -0.133. The molecule has 0 unspecified atom stereocenters. The van der Waals surface area contributed by atoms with Crippen LogP contribution in [-0.2, 0) is 20.9 Å². The van der Waals surface area contributed by atoms with E-state index in [1.165, 1.54) is 24.3 Å². The van der Waals surface area contributed by atoms with Crippen LogP contribution < -0.4 is 16.0 Å². The Morgan fingerprint density at radius 3 is 2.27 bits per heavy atom. The number of urea groups is 1. The van der Waals surface area contributed by atoms with Crippen LogP contribution in [0.5, 0.6) is 11.5 Å². The van der Waals surface area contributed by atoms with Crippen LogP contribution in [0.15, 0.2) is 54.6 Å². The average molecular weight is 908 g/mol. The number of nitrogens with two attached hydrogens (primary N) is 1. The number of piperazine rings is 1. The van der Waals surface area contributed by atoms with Gasteiger partial charge in [0.05, 0.1) is 28.8 Å². The predicted molar refractivity (Wildman–Crippen MR) is 249 cm³/mol. The number of amidine groups is 1. The van der Waals surface area contributed by atoms with Gasteiger partial charge in [0.15, 0.2) is 0 Å². The molecule has 6 amide bonds. The van der Waals surface area contributed by atoms with Gasteiger partial charge in [-0.1, -0.05) is 39.8 Å². The molecular formula is C48H58FN9O8. The Bertz CT molecular complexity index is 2540. The Kier molecular flexibility index (Phi) is 15.3. The molecule has 2 aliphatic heterocycles. The summed E-state index contributed by atoms with van der Waals surface area (Å²) in [5.41, 5.74) is 10.2. The van der Waals surface area contributed by atoms with E-state index in [4.69, 9.17) is 15.9 Å². The number of nitrogens with zero attached hydrogens (tertiary/aromatic N) is 5. The predicted octanol–water partition coefficient (Wildman–Crippen LogP) is 6.36. The highest BCUT2D eigenvalue weighted by atomic mass is 19.1. The molecule has 1 aromatic heterocycles. The first-order valence-electron chi connectivity index (χ1n) is 22.0. The van der Waals surface area contributed by atoms with Crippen molar-refractivity contribution in [3.63, 3.8) is 0 Å². The normalized spacial score (nSPS) is 14.4. The van der Waals surface area contributed by atoms with Gasteiger partial charge in [-0.05, 0) is 92.0 Å². The van der Waals surface area contributed by atoms with Gasteiger partial charge in [0, 0.05) is 74.5 Å². The van der Waals surface area contributed by atoms with E-state index < -0.39 is 29.8 Å². The molecule has 350 valence electrons. The molecule has 0 radical (unpaired) electrons. The Labute approximate surface area is 383 Å². The number of hydrogen-bond acceptors (Lipinski definition) is 11. The van der Waals surface area contributed by atoms with E-state index in [1.807, 2.05) is 39.8 Å². The second kappa shape index (κ2) is 20.8. The lowest BCUT2D eigenvalue weighted by Crippen LogP contribution is -2.48. The zero-order valence-electron chi connectivity index (χ0n) is 38.2. The Morgan fingerprint density at radius 2 is 1.64 bits per heavy atom. The molecule has 7 N–H and O–H groups in total. The van der Waals surface area contributed by atoms with Gasteiger partial charge >= 0.3 is 12.1 Å². The van der Waals surface area contributed by atoms with E-state index in [0.717, 1.165) is 21.4 Å². The van der Waals surface area contributed by atoms with Gasteiger partial charge in [0.2, 0.25) is 5.91 Å². The number of carbonyl (C=O) groups is 5. The van der Waals surface area contributed by atoms with Crippen molar-refractivity contribution in [1.82, 2.24) is 24.6 Å². The van der Waals surface area contributed by atoms with E-state index in [9.17, 15) is 38.6 Å². The zero-order valence-corrected chi connectivity index (χ0v) is 38.2. The summed E-state index contributed by atoms with van der Waals surface area (Å²) in [5.74, 6) is -2.63. The summed E-state index contributed by atoms with van der Waals surface area (Å²) in [6, 6.07) is 12.7. The number of amides is 6. The van der Waals surface area contributed by atoms with Gasteiger partial charge in [-0.3, -0.25) is 24.7 Å². The van der Waals surface area contributed by atoms with Crippen LogP contribution in [0, 0.1) is 25.1 Å². The molecule has 2 aliphatic rings. The van der Waals surface area contributed by atoms with Crippen molar-refractivity contribution in [3.8, 4) is 11.5 Å². The molecule has 0 bridgehead atoms. The maximum absolute atomic E-state index is 14.2. The summed E-state index contributed by atoms with van der Waals surface area (Å²) in [7, 11) is 0. The van der Waals surface area contributed by atoms with Crippen molar-refractivity contribution in [3.05, 3.63) is 105 Å². The minimum absolute atomic E-state index is 0.0319. The topological polar surface area (TPSA) is 229 Å². The molecule has 0 atom stereocenters. The van der Waals surface area contributed by atoms with E-state index in [-0.39, 0.29) is 65.4 Å². The third-order valence-electron chi connectivity index (χ3n) is 12.1. The van der Waals surface area contributed by atoms with Crippen LogP contribution in [0.2, 0.25) is 0 Å². The Hall–Kier alpha value is -7.05. The fourth-order valence-corrected chi connectivity index (χ4v) is 8.24. The highest BCUT2D eigenvalue weighted by Gasteiger charge is 2.31. The molecule has 0 aliphatic carbocycles. The molecule has 4 aromatic rings. The molecule has 1 fully saturated rings. The number of aromatic nitrogens is 1. The van der Waals surface area contributed by atoms with Crippen molar-refractivity contribution in [2.45, 2.75) is 60.4 Å². The lowest BCUT2D eigenvalue weighted by atomic mass is 9.98. The minimum Gasteiger partial charge on any atom is -0.508 e. The van der Waals surface area contributed by atoms with E-state index in [0.29, 0.717) is 91.8 Å². The molecule has 1 saturated heterocycles. The molecule has 66 heavy (non-hydrogen) atoms. The fourth-order valence-electron chi connectivity index (χ4n) is 8.24. The first kappa shape index (κ1) is 48.4. The van der Waals surface area contributed by atoms with Gasteiger partial charge in [0.25, 0.3) is 11.8 Å². The number of benzene rings is 3. The molecule has 3 heterocycles. The number of halogens is 1. The first-order chi connectivity index (χ1) is 31.4. The lowest BCUT2D eigenvalue weighted by Gasteiger charge is -2.35. The number of imide groups is 1. The number of phenolic OH excluding ortho intramolecular Hbond substituents is 2. The van der Waals surface area contributed by atoms with Crippen molar-refractivity contribution in [2.24, 2.45) is 5.73 Å². The summed E-state index contributed by atoms with van der Waals surface area (Å²) in [6.45, 7) is 15.2. The number of H-pyrrole nitrogens is 1. The molecule has 6 rings (SSSR count). The SMILES string of the molecule is CCN(CC)CCN(C(=O)OCCC(=O)N1CCN(Cc2ccc(N(C(=N)c3cc(C(C)C)c(O)cc3O)C(N)=O)cc2)CC1)C(=O)c1c(C)[nH]c(/C=C2\C(=O)Nc3ccc(F)cc32)c1C. The number of ether oxygens (including phenoxy) is 1. The summed E-state index contributed by atoms with van der Waals surface area (Å²) >= 11 is 0. The smallest absolute Gasteiger partial charge is 0.416 e. The first-order valence-corrected chi connectivity index (χ1v) is 22.0. The van der Waals surface area contributed by atoms with Gasteiger partial charge in [-0.15, -0.1) is 0 Å². The number of aromatic amines is 1. The maximum atomic E-state index is 14.2. The highest BCUT2D eigenvalue weighted by molar-refractivity contribution is 6.35. The van der Waals surface area contributed by atoms with Crippen LogP contribution >= 0.6 is 0 Å². The number of primary amides is 1. The van der Waals surface area contributed by atoms with E-state index in [2.05, 4.69) is 20.1 Å². The number of hydrogen-bond donors (Lipinski definition) is 6. The number of aromatic hydroxyl groups is 2. The van der Waals surface area contributed by atoms with Gasteiger partial charge in [-0.2, -0.15) is 0 Å². The molecule has 17 nitrogen and oxygen atoms in total. The van der Waals surface area contributed by atoms with E-state index >= 15 is 0 Å². The summed E-state index contributed by atoms with van der Waals surface area (Å²) in [5, 5.41) is 32.3. The number of rotatable bonds is 15. The minimum atomic E-state index is -0.918. The number of aryl methyl sites for hydroxylation is 1. The van der Waals surface area contributed by atoms with Crippen LogP contribution in [0.1, 0.15) is 89.6 Å². The number of nitrogens with one attached hydrogen (secondary N) is 3. The van der Waals surface area contributed by atoms with Crippen LogP contribution in [0.25, 0.3) is 11.6 Å². The Balaban J connectivity index is 1.04. The molecule has 3 aromatic carbocycles. The maximum Gasteiger partial charge on any atom is 0.416 e. The average Bonchev–Trinajstić information content (AvgIpc) is 3.74. The van der Waals surface area contributed by atoms with Gasteiger partial charge in [0.1, 0.15) is 29.8 Å². The zero-order chi connectivity index (χ0) is 48.0. The number of fused-ring (bicyclic) bond motifs is 1. The molecule has 18 heteroatoms. The summed E-state index contributed by atoms with van der Waals surface area (Å²) in [4.78, 5) is 77.7. The number of phenols is 2. The van der Waals surface area contributed by atoms with Crippen molar-refractivity contribution in [2.75, 3.05) is 69.2 Å². The van der Waals surface area contributed by atoms with Crippen LogP contribution in [-0.4, -0.2) is 129 Å². The van der Waals surface area contributed by atoms with Crippen molar-refractivity contribution >= 4 is 58.7 Å². The summed E-state index contributed by atoms with van der Waals surface area (Å²) in [6.07, 6.45) is 0.597. The highest BCUT2D eigenvalue weighted by Crippen LogP contribution is 2.36. The number of anilines is 2. The largest absolute Gasteiger partial charge is 0.508 e. The quantitative estimate of drug-likeness (QED) is 0.0439. The fraction of sp³-hybridized carbons (Fsp3) is 0.375. The van der Waals surface area contributed by atoms with Gasteiger partial charge in [-0.25, -0.2) is 23.8 Å². The second-order valence-electron chi connectivity index (χ2n) is 16.6. The van der Waals surface area contributed by atoms with E-state index in [1.54, 1.807) is 37.0 Å². The second-order valence-corrected chi connectivity index (χ2v) is 16.6. The number of likely N-dealkylation sites (N-methyl/N-ethyl adjacent to an activating group) is 1. The number of carbonyl (C=O) groups excluding carboxylic acids is 5. The van der Waals surface area contributed by atoms with Crippen molar-refractivity contribution < 1.29 is 43.3 Å². The molecule has 0 spiro atoms. The van der Waals surface area contributed by atoms with Crippen LogP contribution in [0.4, 0.5) is 25.4 Å². The molecular weight excluding hydrogens is 850 g/mol.